The molecule has 0 bridgehead atoms. The molecule has 0 saturated carbocycles. The molecule has 4 aromatic rings. The van der Waals surface area contributed by atoms with Crippen LogP contribution in [-0.2, 0) is 5.41 Å². The summed E-state index contributed by atoms with van der Waals surface area (Å²) in [5.41, 5.74) is 2.67. The molecule has 4 aromatic carbocycles. The lowest BCUT2D eigenvalue weighted by Crippen LogP contribution is -2.26. The van der Waals surface area contributed by atoms with Gasteiger partial charge < -0.3 is 29.2 Å². The van der Waals surface area contributed by atoms with Gasteiger partial charge >= 0.3 is 0 Å². The van der Waals surface area contributed by atoms with Gasteiger partial charge in [0.25, 0.3) is 0 Å². The maximum atomic E-state index is 10.6. The first-order valence-corrected chi connectivity index (χ1v) is 21.6. The predicted octanol–water partition coefficient (Wildman–Crippen LogP) is 12.8. The van der Waals surface area contributed by atoms with E-state index in [1.807, 2.05) is 55.5 Å². The van der Waals surface area contributed by atoms with Crippen molar-refractivity contribution in [3.8, 4) is 23.0 Å². The van der Waals surface area contributed by atoms with Crippen LogP contribution in [0, 0.1) is 6.92 Å². The van der Waals surface area contributed by atoms with E-state index in [4.69, 9.17) is 18.9 Å². The molecule has 6 nitrogen and oxygen atoms in total. The Morgan fingerprint density at radius 2 is 0.714 bits per heavy atom. The van der Waals surface area contributed by atoms with Crippen LogP contribution in [0.4, 0.5) is 0 Å². The van der Waals surface area contributed by atoms with Crippen LogP contribution in [0.1, 0.15) is 30.5 Å². The molecule has 0 aromatic heterocycles. The van der Waals surface area contributed by atoms with Crippen LogP contribution in [0.15, 0.2) is 88.8 Å². The lowest BCUT2D eigenvalue weighted by Gasteiger charge is -2.28. The Balaban J connectivity index is 1.39. The topological polar surface area (TPSA) is 77.4 Å². The summed E-state index contributed by atoms with van der Waals surface area (Å²) in [5.74, 6) is 2.36. The van der Waals surface area contributed by atoms with E-state index in [-0.39, 0.29) is 26.4 Å². The Morgan fingerprint density at radius 1 is 0.469 bits per heavy atom. The SMILES string of the molecule is Cc1cc(Br)c(OCC(O)COc2c(Br)cc(C(C)(C)c3cc(Br)c(OCC(O)COc4c(Br)cc(Br)cc4Br)c(Br)c3)cc2Br)c(Br)c1. The molecule has 2 unspecified atom stereocenters. The number of benzene rings is 4. The van der Waals surface area contributed by atoms with Gasteiger partial charge in [-0.3, -0.25) is 0 Å². The Hall–Kier alpha value is 0.320. The minimum atomic E-state index is -0.876. The molecule has 0 amide bonds. The van der Waals surface area contributed by atoms with Crippen molar-refractivity contribution in [2.75, 3.05) is 26.4 Å². The van der Waals surface area contributed by atoms with Crippen molar-refractivity contribution in [1.82, 2.24) is 0 Å². The summed E-state index contributed by atoms with van der Waals surface area (Å²) in [6.07, 6.45) is -1.74. The Bertz CT molecular complexity index is 1600. The van der Waals surface area contributed by atoms with Crippen LogP contribution in [0.3, 0.4) is 0 Å². The number of ether oxygens (including phenoxy) is 4. The van der Waals surface area contributed by atoms with Gasteiger partial charge in [0.2, 0.25) is 0 Å². The minimum absolute atomic E-state index is 0.0227. The van der Waals surface area contributed by atoms with E-state index in [1.165, 1.54) is 0 Å². The summed E-state index contributed by atoms with van der Waals surface area (Å²) < 4.78 is 30.7. The Morgan fingerprint density at radius 3 is 1.00 bits per heavy atom. The molecule has 15 heteroatoms. The molecule has 0 aliphatic heterocycles. The van der Waals surface area contributed by atoms with E-state index >= 15 is 0 Å². The van der Waals surface area contributed by atoms with E-state index in [9.17, 15) is 10.2 Å². The summed E-state index contributed by atoms with van der Waals surface area (Å²) in [4.78, 5) is 0. The van der Waals surface area contributed by atoms with Gasteiger partial charge in [-0.2, -0.15) is 0 Å². The highest BCUT2D eigenvalue weighted by Gasteiger charge is 2.28. The lowest BCUT2D eigenvalue weighted by molar-refractivity contribution is 0.0616. The number of hydrogen-bond donors (Lipinski definition) is 2. The number of halogens is 9. The monoisotopic (exact) mass is 1240 g/mol. The average molecular weight is 1250 g/mol. The second kappa shape index (κ2) is 18.6. The molecule has 264 valence electrons. The maximum Gasteiger partial charge on any atom is 0.147 e. The zero-order valence-electron chi connectivity index (χ0n) is 26.0. The zero-order valence-corrected chi connectivity index (χ0v) is 40.3. The molecule has 0 heterocycles. The fourth-order valence-corrected chi connectivity index (χ4v) is 11.6. The lowest BCUT2D eigenvalue weighted by atomic mass is 9.78. The molecule has 0 spiro atoms. The fourth-order valence-electron chi connectivity index (χ4n) is 4.59. The van der Waals surface area contributed by atoms with Crippen molar-refractivity contribution in [1.29, 1.82) is 0 Å². The van der Waals surface area contributed by atoms with Crippen LogP contribution < -0.4 is 18.9 Å². The summed E-state index contributed by atoms with van der Waals surface area (Å²) in [5, 5.41) is 21.2. The molecule has 0 aliphatic carbocycles. The maximum absolute atomic E-state index is 10.6. The highest BCUT2D eigenvalue weighted by molar-refractivity contribution is 9.12. The fraction of sp³-hybridized carbons (Fsp3) is 0.294. The van der Waals surface area contributed by atoms with Crippen molar-refractivity contribution in [3.05, 3.63) is 105 Å². The first kappa shape index (κ1) is 42.1. The highest BCUT2D eigenvalue weighted by atomic mass is 79.9. The van der Waals surface area contributed by atoms with E-state index in [0.717, 1.165) is 56.9 Å². The van der Waals surface area contributed by atoms with E-state index in [2.05, 4.69) is 157 Å². The number of aliphatic hydroxyl groups is 2. The first-order valence-electron chi connectivity index (χ1n) is 14.4. The molecule has 4 rings (SSSR count). The molecule has 2 N–H and O–H groups in total. The van der Waals surface area contributed by atoms with Gasteiger partial charge in [0.1, 0.15) is 61.6 Å². The van der Waals surface area contributed by atoms with Gasteiger partial charge in [-0.1, -0.05) is 29.8 Å². The van der Waals surface area contributed by atoms with Crippen LogP contribution in [0.5, 0.6) is 23.0 Å². The number of rotatable bonds is 14. The van der Waals surface area contributed by atoms with Crippen LogP contribution in [-0.4, -0.2) is 48.8 Å². The summed E-state index contributed by atoms with van der Waals surface area (Å²) in [6, 6.07) is 15.7. The van der Waals surface area contributed by atoms with E-state index in [0.29, 0.717) is 23.0 Å². The molecular formula is C34H29Br9O6. The van der Waals surface area contributed by atoms with E-state index in [1.54, 1.807) is 0 Å². The standard InChI is InChI=1S/C34H29Br9O6/c1-16-4-22(36)30(23(37)5-16)46-12-20(44)13-47-31-24(38)6-17(7-25(31)39)34(2,3)18-8-26(40)32(27(41)9-18)48-14-21(45)15-49-33-28(42)10-19(35)11-29(33)43/h4-11,20-21,44-45H,12-15H2,1-3H3. The molecule has 49 heavy (non-hydrogen) atoms. The average Bonchev–Trinajstić information content (AvgIpc) is 2.98. The largest absolute Gasteiger partial charge is 0.488 e. The molecule has 2 atom stereocenters. The molecule has 0 radical (unpaired) electrons. The van der Waals surface area contributed by atoms with Gasteiger partial charge in [-0.15, -0.1) is 0 Å². The number of aryl methyl sites for hydroxylation is 1. The van der Waals surface area contributed by atoms with Gasteiger partial charge in [0.15, 0.2) is 0 Å². The summed E-state index contributed by atoms with van der Waals surface area (Å²) in [6.45, 7) is 6.39. The number of aliphatic hydroxyl groups excluding tert-OH is 2. The molecule has 0 saturated heterocycles. The summed E-state index contributed by atoms with van der Waals surface area (Å²) >= 11 is 32.1. The highest BCUT2D eigenvalue weighted by Crippen LogP contribution is 2.44. The van der Waals surface area contributed by atoms with Crippen LogP contribution >= 0.6 is 143 Å². The third kappa shape index (κ3) is 11.2. The molecular weight excluding hydrogens is 1220 g/mol. The van der Waals surface area contributed by atoms with Crippen molar-refractivity contribution in [2.45, 2.75) is 38.4 Å². The van der Waals surface area contributed by atoms with Crippen molar-refractivity contribution >= 4 is 143 Å². The van der Waals surface area contributed by atoms with Gasteiger partial charge in [-0.05, 0) is 200 Å². The second-order valence-corrected chi connectivity index (χ2v) is 19.2. The third-order valence-electron chi connectivity index (χ3n) is 7.23. The van der Waals surface area contributed by atoms with Crippen molar-refractivity contribution < 1.29 is 29.2 Å². The molecule has 0 aliphatic rings. The second-order valence-electron chi connectivity index (χ2n) is 11.5. The van der Waals surface area contributed by atoms with Crippen molar-refractivity contribution in [2.24, 2.45) is 0 Å². The predicted molar refractivity (Wildman–Crippen MR) is 226 cm³/mol. The first-order chi connectivity index (χ1) is 23.0. The summed E-state index contributed by atoms with van der Waals surface area (Å²) in [7, 11) is 0. The Kier molecular flexibility index (Phi) is 15.9. The number of hydrogen-bond acceptors (Lipinski definition) is 6. The zero-order chi connectivity index (χ0) is 36.2. The molecule has 0 fully saturated rings. The Labute approximate surface area is 361 Å². The normalized spacial score (nSPS) is 12.9. The minimum Gasteiger partial charge on any atom is -0.488 e. The quantitative estimate of drug-likeness (QED) is 0.131. The van der Waals surface area contributed by atoms with Gasteiger partial charge in [0, 0.05) is 9.89 Å². The van der Waals surface area contributed by atoms with Crippen LogP contribution in [0.25, 0.3) is 0 Å². The van der Waals surface area contributed by atoms with E-state index < -0.39 is 17.6 Å². The smallest absolute Gasteiger partial charge is 0.147 e. The van der Waals surface area contributed by atoms with Gasteiger partial charge in [0.05, 0.1) is 35.8 Å². The van der Waals surface area contributed by atoms with Crippen LogP contribution in [0.2, 0.25) is 0 Å². The van der Waals surface area contributed by atoms with Gasteiger partial charge in [-0.25, -0.2) is 0 Å². The third-order valence-corrected chi connectivity index (χ3v) is 12.4. The van der Waals surface area contributed by atoms with Crippen molar-refractivity contribution in [3.63, 3.8) is 0 Å².